The van der Waals surface area contributed by atoms with Gasteiger partial charge in [-0.25, -0.2) is 0 Å². The molecule has 0 bridgehead atoms. The van der Waals surface area contributed by atoms with Crippen LogP contribution in [0.1, 0.15) is 50.8 Å². The number of benzene rings is 2. The van der Waals surface area contributed by atoms with E-state index in [4.69, 9.17) is 4.74 Å². The second-order valence-corrected chi connectivity index (χ2v) is 8.58. The molecule has 0 amide bonds. The molecule has 0 fully saturated rings. The largest absolute Gasteiger partial charge is 0.490 e. The van der Waals surface area contributed by atoms with Crippen molar-refractivity contribution in [1.82, 2.24) is 0 Å². The summed E-state index contributed by atoms with van der Waals surface area (Å²) in [6.45, 7) is 4.89. The Morgan fingerprint density at radius 3 is 2.10 bits per heavy atom. The molecule has 0 spiro atoms. The second kappa shape index (κ2) is 11.6. The molecule has 2 aromatic carbocycles. The van der Waals surface area contributed by atoms with Crippen molar-refractivity contribution in [1.29, 1.82) is 0 Å². The predicted octanol–water partition coefficient (Wildman–Crippen LogP) is 8.55. The highest BCUT2D eigenvalue weighted by Gasteiger charge is 2.05. The molecule has 0 aliphatic rings. The lowest BCUT2D eigenvalue weighted by Gasteiger charge is -2.06. The molecule has 1 heterocycles. The number of thiophene rings is 1. The summed E-state index contributed by atoms with van der Waals surface area (Å²) in [6.07, 6.45) is 12.0. The number of hydrogen-bond donors (Lipinski definition) is 0. The van der Waals surface area contributed by atoms with Gasteiger partial charge in [0.25, 0.3) is 0 Å². The highest BCUT2D eigenvalue weighted by Crippen LogP contribution is 2.31. The predicted molar refractivity (Wildman–Crippen MR) is 128 cm³/mol. The van der Waals surface area contributed by atoms with Gasteiger partial charge in [-0.15, -0.1) is 11.3 Å². The molecule has 29 heavy (non-hydrogen) atoms. The summed E-state index contributed by atoms with van der Waals surface area (Å²) in [5.41, 5.74) is 3.76. The van der Waals surface area contributed by atoms with Gasteiger partial charge in [-0.05, 0) is 60.7 Å². The summed E-state index contributed by atoms with van der Waals surface area (Å²) in [4.78, 5) is 2.88. The molecule has 0 atom stereocenters. The monoisotopic (exact) mass is 404 g/mol. The van der Waals surface area contributed by atoms with E-state index in [0.717, 1.165) is 5.75 Å². The molecule has 0 saturated carbocycles. The van der Waals surface area contributed by atoms with Crippen LogP contribution >= 0.6 is 11.3 Å². The van der Waals surface area contributed by atoms with Crippen LogP contribution in [0.5, 0.6) is 5.75 Å². The molecule has 3 aromatic rings. The first-order chi connectivity index (χ1) is 14.3. The molecule has 0 unspecified atom stereocenters. The zero-order chi connectivity index (χ0) is 20.3. The van der Waals surface area contributed by atoms with Crippen LogP contribution in [0.15, 0.2) is 72.8 Å². The van der Waals surface area contributed by atoms with Crippen molar-refractivity contribution in [2.75, 3.05) is 6.61 Å². The molecule has 0 N–H and O–H groups in total. The maximum atomic E-state index is 5.68. The average molecular weight is 405 g/mol. The Kier molecular flexibility index (Phi) is 8.58. The Hall–Kier alpha value is -2.32. The number of allylic oxidation sites excluding steroid dienone is 1. The van der Waals surface area contributed by atoms with Gasteiger partial charge < -0.3 is 4.74 Å². The lowest BCUT2D eigenvalue weighted by Crippen LogP contribution is -1.92. The molecule has 0 saturated heterocycles. The molecule has 0 radical (unpaired) electrons. The van der Waals surface area contributed by atoms with Crippen molar-refractivity contribution in [2.45, 2.75) is 52.4 Å². The van der Waals surface area contributed by atoms with Gasteiger partial charge in [-0.2, -0.15) is 0 Å². The normalized spacial score (nSPS) is 11.2. The third-order valence-corrected chi connectivity index (χ3v) is 6.32. The van der Waals surface area contributed by atoms with Crippen LogP contribution in [0.3, 0.4) is 0 Å². The minimum atomic E-state index is 0.617. The smallest absolute Gasteiger partial charge is 0.119 e. The van der Waals surface area contributed by atoms with Crippen molar-refractivity contribution in [2.24, 2.45) is 0 Å². The third kappa shape index (κ3) is 6.61. The van der Waals surface area contributed by atoms with Crippen molar-refractivity contribution in [3.05, 3.63) is 77.7 Å². The van der Waals surface area contributed by atoms with E-state index in [1.807, 2.05) is 42.5 Å². The molecule has 2 heteroatoms. The molecule has 0 aliphatic carbocycles. The van der Waals surface area contributed by atoms with E-state index in [-0.39, 0.29) is 0 Å². The van der Waals surface area contributed by atoms with Crippen LogP contribution in [-0.2, 0) is 6.42 Å². The number of hydrogen-bond acceptors (Lipinski definition) is 2. The first-order valence-electron chi connectivity index (χ1n) is 10.8. The zero-order valence-corrected chi connectivity index (χ0v) is 18.5. The Bertz CT molecular complexity index is 872. The summed E-state index contributed by atoms with van der Waals surface area (Å²) < 4.78 is 5.68. The Balaban J connectivity index is 1.57. The Labute approximate surface area is 180 Å². The summed E-state index contributed by atoms with van der Waals surface area (Å²) in [7, 11) is 0. The third-order valence-electron chi connectivity index (χ3n) is 5.13. The van der Waals surface area contributed by atoms with Gasteiger partial charge in [0.05, 0.1) is 0 Å². The van der Waals surface area contributed by atoms with Crippen LogP contribution in [-0.4, -0.2) is 6.61 Å². The van der Waals surface area contributed by atoms with Crippen LogP contribution in [0, 0.1) is 0 Å². The fraction of sp³-hybridized carbons (Fsp3) is 0.333. The highest BCUT2D eigenvalue weighted by molar-refractivity contribution is 7.15. The molecule has 0 aliphatic heterocycles. The summed E-state index contributed by atoms with van der Waals surface area (Å²) >= 11 is 1.94. The number of rotatable bonds is 11. The fourth-order valence-corrected chi connectivity index (χ4v) is 4.44. The Morgan fingerprint density at radius 1 is 0.759 bits per heavy atom. The summed E-state index contributed by atoms with van der Waals surface area (Å²) in [6, 6.07) is 21.8. The standard InChI is InChI=1S/C27H32OS/c1-3-5-7-8-9-10-26-19-20-27(29-26)24-13-11-22(12-14-24)23-15-17-25(18-16-23)28-21-6-4-2/h4,6,11-20H,3,5,7-10,21H2,1-2H3/b6-4+. The number of aryl methyl sites for hydroxylation is 1. The number of ether oxygens (including phenoxy) is 1. The minimum Gasteiger partial charge on any atom is -0.490 e. The first-order valence-corrected chi connectivity index (χ1v) is 11.7. The number of unbranched alkanes of at least 4 members (excludes halogenated alkanes) is 4. The SMILES string of the molecule is C/C=C/COc1ccc(-c2ccc(-c3ccc(CCCCCCC)s3)cc2)cc1. The van der Waals surface area contributed by atoms with Crippen molar-refractivity contribution < 1.29 is 4.74 Å². The van der Waals surface area contributed by atoms with Crippen LogP contribution < -0.4 is 4.74 Å². The van der Waals surface area contributed by atoms with Gasteiger partial charge in [0.1, 0.15) is 12.4 Å². The van der Waals surface area contributed by atoms with E-state index in [1.165, 1.54) is 65.0 Å². The highest BCUT2D eigenvalue weighted by atomic mass is 32.1. The first kappa shape index (κ1) is 21.4. The van der Waals surface area contributed by atoms with Crippen LogP contribution in [0.2, 0.25) is 0 Å². The van der Waals surface area contributed by atoms with Crippen LogP contribution in [0.25, 0.3) is 21.6 Å². The van der Waals surface area contributed by atoms with Gasteiger partial charge in [-0.3, -0.25) is 0 Å². The molecule has 1 nitrogen and oxygen atoms in total. The van der Waals surface area contributed by atoms with Crippen molar-refractivity contribution in [3.63, 3.8) is 0 Å². The topological polar surface area (TPSA) is 9.23 Å². The van der Waals surface area contributed by atoms with E-state index in [1.54, 1.807) is 0 Å². The fourth-order valence-electron chi connectivity index (χ4n) is 3.38. The van der Waals surface area contributed by atoms with E-state index in [2.05, 4.69) is 55.5 Å². The van der Waals surface area contributed by atoms with Gasteiger partial charge in [0, 0.05) is 9.75 Å². The quantitative estimate of drug-likeness (QED) is 0.230. The molecular formula is C27H32OS. The molecule has 3 rings (SSSR count). The van der Waals surface area contributed by atoms with E-state index < -0.39 is 0 Å². The lowest BCUT2D eigenvalue weighted by molar-refractivity contribution is 0.363. The van der Waals surface area contributed by atoms with Crippen molar-refractivity contribution >= 4 is 11.3 Å². The maximum absolute atomic E-state index is 5.68. The molecule has 152 valence electrons. The minimum absolute atomic E-state index is 0.617. The van der Waals surface area contributed by atoms with Gasteiger partial charge in [-0.1, -0.05) is 81.2 Å². The average Bonchev–Trinajstić information content (AvgIpc) is 3.23. The van der Waals surface area contributed by atoms with Crippen LogP contribution in [0.4, 0.5) is 0 Å². The van der Waals surface area contributed by atoms with Gasteiger partial charge in [0.2, 0.25) is 0 Å². The van der Waals surface area contributed by atoms with E-state index >= 15 is 0 Å². The van der Waals surface area contributed by atoms with Crippen molar-refractivity contribution in [3.8, 4) is 27.3 Å². The Morgan fingerprint density at radius 2 is 1.41 bits per heavy atom. The summed E-state index contributed by atoms with van der Waals surface area (Å²) in [5.74, 6) is 0.907. The maximum Gasteiger partial charge on any atom is 0.119 e. The van der Waals surface area contributed by atoms with Gasteiger partial charge in [0.15, 0.2) is 0 Å². The summed E-state index contributed by atoms with van der Waals surface area (Å²) in [5, 5.41) is 0. The zero-order valence-electron chi connectivity index (χ0n) is 17.7. The van der Waals surface area contributed by atoms with Gasteiger partial charge >= 0.3 is 0 Å². The van der Waals surface area contributed by atoms with E-state index in [0.29, 0.717) is 6.61 Å². The van der Waals surface area contributed by atoms with E-state index in [9.17, 15) is 0 Å². The lowest BCUT2D eigenvalue weighted by atomic mass is 10.0. The molecule has 1 aromatic heterocycles. The molecular weight excluding hydrogens is 372 g/mol. The second-order valence-electron chi connectivity index (χ2n) is 7.41.